The smallest absolute Gasteiger partial charge is 0.0650 e. The van der Waals surface area contributed by atoms with Crippen molar-refractivity contribution in [1.29, 1.82) is 0 Å². The van der Waals surface area contributed by atoms with Crippen molar-refractivity contribution in [2.75, 3.05) is 13.2 Å². The monoisotopic (exact) mass is 227 g/mol. The molecule has 0 fully saturated rings. The van der Waals surface area contributed by atoms with E-state index in [2.05, 4.69) is 15.5 Å². The topological polar surface area (TPSA) is 81.2 Å². The first-order chi connectivity index (χ1) is 7.58. The summed E-state index contributed by atoms with van der Waals surface area (Å²) in [4.78, 5) is 0. The Hall–Kier alpha value is -0.910. The number of aryl methyl sites for hydroxylation is 1. The molecule has 1 rings (SSSR count). The Bertz CT molecular complexity index is 313. The van der Waals surface area contributed by atoms with Crippen molar-refractivity contribution in [1.82, 2.24) is 15.5 Å². The lowest BCUT2D eigenvalue weighted by atomic mass is 9.96. The highest BCUT2D eigenvalue weighted by atomic mass is 16.3. The Morgan fingerprint density at radius 3 is 2.50 bits per heavy atom. The second kappa shape index (κ2) is 5.43. The van der Waals surface area contributed by atoms with Gasteiger partial charge in [-0.3, -0.25) is 5.10 Å². The molecule has 0 aliphatic carbocycles. The average molecular weight is 227 g/mol. The number of hydrogen-bond donors (Lipinski definition) is 4. The fourth-order valence-electron chi connectivity index (χ4n) is 1.80. The third kappa shape index (κ3) is 2.61. The fourth-order valence-corrected chi connectivity index (χ4v) is 1.80. The number of aliphatic hydroxyl groups is 2. The molecule has 0 aromatic carbocycles. The van der Waals surface area contributed by atoms with Gasteiger partial charge in [-0.1, -0.05) is 6.92 Å². The summed E-state index contributed by atoms with van der Waals surface area (Å²) < 4.78 is 0. The maximum atomic E-state index is 9.35. The van der Waals surface area contributed by atoms with Crippen LogP contribution in [0.1, 0.15) is 37.6 Å². The van der Waals surface area contributed by atoms with Crippen LogP contribution in [0, 0.1) is 6.92 Å². The summed E-state index contributed by atoms with van der Waals surface area (Å²) in [5, 5.41) is 28.8. The zero-order valence-electron chi connectivity index (χ0n) is 10.1. The lowest BCUT2D eigenvalue weighted by Gasteiger charge is -2.33. The minimum absolute atomic E-state index is 0.0398. The van der Waals surface area contributed by atoms with Crippen LogP contribution in [0.5, 0.6) is 0 Å². The number of nitrogens with one attached hydrogen (secondary N) is 2. The van der Waals surface area contributed by atoms with E-state index in [1.807, 2.05) is 20.8 Å². The van der Waals surface area contributed by atoms with Crippen LogP contribution in [0.3, 0.4) is 0 Å². The Balaban J connectivity index is 2.76. The number of aromatic nitrogens is 2. The van der Waals surface area contributed by atoms with E-state index in [4.69, 9.17) is 0 Å². The second-order valence-corrected chi connectivity index (χ2v) is 4.27. The standard InChI is InChI=1S/C11H21N3O2/c1-4-11(6-15,7-16)13-8(2)10-5-12-14-9(10)3/h5,8,13,15-16H,4,6-7H2,1-3H3,(H,12,14). The lowest BCUT2D eigenvalue weighted by molar-refractivity contribution is 0.0792. The predicted octanol–water partition coefficient (Wildman–Crippen LogP) is 0.502. The minimum atomic E-state index is -0.622. The molecule has 0 saturated heterocycles. The summed E-state index contributed by atoms with van der Waals surface area (Å²) in [6.07, 6.45) is 2.43. The first-order valence-electron chi connectivity index (χ1n) is 5.58. The van der Waals surface area contributed by atoms with E-state index in [1.165, 1.54) is 0 Å². The van der Waals surface area contributed by atoms with E-state index >= 15 is 0 Å². The molecular weight excluding hydrogens is 206 g/mol. The number of aliphatic hydroxyl groups excluding tert-OH is 2. The highest BCUT2D eigenvalue weighted by Gasteiger charge is 2.29. The molecule has 0 aliphatic heterocycles. The van der Waals surface area contributed by atoms with E-state index in [1.54, 1.807) is 6.20 Å². The molecule has 0 spiro atoms. The van der Waals surface area contributed by atoms with Gasteiger partial charge in [0, 0.05) is 17.3 Å². The van der Waals surface area contributed by atoms with Crippen LogP contribution < -0.4 is 5.32 Å². The molecule has 0 amide bonds. The van der Waals surface area contributed by atoms with Crippen molar-refractivity contribution in [3.8, 4) is 0 Å². The Kier molecular flexibility index (Phi) is 4.46. The van der Waals surface area contributed by atoms with Crippen molar-refractivity contribution in [3.63, 3.8) is 0 Å². The molecule has 5 heteroatoms. The van der Waals surface area contributed by atoms with Gasteiger partial charge in [-0.05, 0) is 20.3 Å². The van der Waals surface area contributed by atoms with Gasteiger partial charge in [0.15, 0.2) is 0 Å². The molecule has 5 nitrogen and oxygen atoms in total. The second-order valence-electron chi connectivity index (χ2n) is 4.27. The summed E-state index contributed by atoms with van der Waals surface area (Å²) in [7, 11) is 0. The summed E-state index contributed by atoms with van der Waals surface area (Å²) >= 11 is 0. The van der Waals surface area contributed by atoms with Crippen molar-refractivity contribution < 1.29 is 10.2 Å². The third-order valence-electron chi connectivity index (χ3n) is 3.14. The predicted molar refractivity (Wildman–Crippen MR) is 62.1 cm³/mol. The van der Waals surface area contributed by atoms with Crippen LogP contribution in [0.2, 0.25) is 0 Å². The van der Waals surface area contributed by atoms with Gasteiger partial charge < -0.3 is 15.5 Å². The SMILES string of the molecule is CCC(CO)(CO)NC(C)c1cn[nH]c1C. The van der Waals surface area contributed by atoms with Crippen LogP contribution in [0.15, 0.2) is 6.20 Å². The maximum Gasteiger partial charge on any atom is 0.0650 e. The van der Waals surface area contributed by atoms with E-state index in [0.29, 0.717) is 6.42 Å². The van der Waals surface area contributed by atoms with Crippen LogP contribution in [0.25, 0.3) is 0 Å². The molecule has 1 heterocycles. The van der Waals surface area contributed by atoms with Crippen molar-refractivity contribution in [2.24, 2.45) is 0 Å². The summed E-state index contributed by atoms with van der Waals surface area (Å²) in [5.74, 6) is 0. The van der Waals surface area contributed by atoms with Gasteiger partial charge in [0.05, 0.1) is 24.9 Å². The normalized spacial score (nSPS) is 14.1. The summed E-state index contributed by atoms with van der Waals surface area (Å²) in [6, 6.07) is 0.0398. The minimum Gasteiger partial charge on any atom is -0.394 e. The van der Waals surface area contributed by atoms with Crippen LogP contribution in [-0.2, 0) is 0 Å². The molecule has 0 bridgehead atoms. The molecule has 92 valence electrons. The van der Waals surface area contributed by atoms with E-state index < -0.39 is 5.54 Å². The van der Waals surface area contributed by atoms with Gasteiger partial charge in [-0.25, -0.2) is 0 Å². The van der Waals surface area contributed by atoms with E-state index in [-0.39, 0.29) is 19.3 Å². The zero-order valence-corrected chi connectivity index (χ0v) is 10.1. The van der Waals surface area contributed by atoms with Crippen LogP contribution >= 0.6 is 0 Å². The highest BCUT2D eigenvalue weighted by Crippen LogP contribution is 2.19. The maximum absolute atomic E-state index is 9.35. The third-order valence-corrected chi connectivity index (χ3v) is 3.14. The van der Waals surface area contributed by atoms with Crippen molar-refractivity contribution in [2.45, 2.75) is 38.8 Å². The van der Waals surface area contributed by atoms with E-state index in [9.17, 15) is 10.2 Å². The Labute approximate surface area is 95.9 Å². The fraction of sp³-hybridized carbons (Fsp3) is 0.727. The average Bonchev–Trinajstić information content (AvgIpc) is 2.72. The highest BCUT2D eigenvalue weighted by molar-refractivity contribution is 5.19. The molecule has 1 unspecified atom stereocenters. The molecule has 0 radical (unpaired) electrons. The molecular formula is C11H21N3O2. The number of aromatic amines is 1. The summed E-state index contributed by atoms with van der Waals surface area (Å²) in [6.45, 7) is 5.72. The van der Waals surface area contributed by atoms with Gasteiger partial charge in [-0.15, -0.1) is 0 Å². The summed E-state index contributed by atoms with van der Waals surface area (Å²) in [5.41, 5.74) is 1.43. The Morgan fingerprint density at radius 1 is 1.50 bits per heavy atom. The molecule has 4 N–H and O–H groups in total. The number of hydrogen-bond acceptors (Lipinski definition) is 4. The van der Waals surface area contributed by atoms with Crippen molar-refractivity contribution >= 4 is 0 Å². The van der Waals surface area contributed by atoms with Crippen LogP contribution in [-0.4, -0.2) is 39.2 Å². The quantitative estimate of drug-likeness (QED) is 0.570. The zero-order chi connectivity index (χ0) is 12.2. The Morgan fingerprint density at radius 2 is 2.12 bits per heavy atom. The number of rotatable bonds is 6. The molecule has 0 aliphatic rings. The number of H-pyrrole nitrogens is 1. The first kappa shape index (κ1) is 13.2. The first-order valence-corrected chi connectivity index (χ1v) is 5.58. The molecule has 16 heavy (non-hydrogen) atoms. The van der Waals surface area contributed by atoms with Gasteiger partial charge in [0.2, 0.25) is 0 Å². The van der Waals surface area contributed by atoms with Gasteiger partial charge in [0.1, 0.15) is 0 Å². The molecule has 1 atom stereocenters. The van der Waals surface area contributed by atoms with Gasteiger partial charge >= 0.3 is 0 Å². The van der Waals surface area contributed by atoms with E-state index in [0.717, 1.165) is 11.3 Å². The van der Waals surface area contributed by atoms with Crippen LogP contribution in [0.4, 0.5) is 0 Å². The van der Waals surface area contributed by atoms with Gasteiger partial charge in [-0.2, -0.15) is 5.10 Å². The molecule has 1 aromatic rings. The molecule has 1 aromatic heterocycles. The molecule has 0 saturated carbocycles. The van der Waals surface area contributed by atoms with Crippen molar-refractivity contribution in [3.05, 3.63) is 17.5 Å². The largest absolute Gasteiger partial charge is 0.394 e. The number of nitrogens with zero attached hydrogens (tertiary/aromatic N) is 1. The lowest BCUT2D eigenvalue weighted by Crippen LogP contribution is -2.52. The van der Waals surface area contributed by atoms with Gasteiger partial charge in [0.25, 0.3) is 0 Å².